The second-order valence-corrected chi connectivity index (χ2v) is 6.21. The normalized spacial score (nSPS) is 15.5. The zero-order valence-corrected chi connectivity index (χ0v) is 12.5. The minimum absolute atomic E-state index is 0.0141. The quantitative estimate of drug-likeness (QED) is 0.856. The molecule has 0 radical (unpaired) electrons. The molecule has 0 spiro atoms. The fourth-order valence-electron chi connectivity index (χ4n) is 2.33. The van der Waals surface area contributed by atoms with Gasteiger partial charge >= 0.3 is 0 Å². The first-order valence-electron chi connectivity index (χ1n) is 6.77. The van der Waals surface area contributed by atoms with Crippen molar-refractivity contribution in [2.45, 2.75) is 65.6 Å². The summed E-state index contributed by atoms with van der Waals surface area (Å²) in [6, 6.07) is 6.33. The molecule has 1 rings (SSSR count). The standard InChI is InChI=1S/C16H27NO/c1-7-14(17-16(4,5)6)15(18)13-9-8-11(2)10-12(13)3/h8-10,14-15,17-18H,7H2,1-6H3. The minimum Gasteiger partial charge on any atom is -0.387 e. The van der Waals surface area contributed by atoms with Crippen LogP contribution in [0.2, 0.25) is 0 Å². The maximum atomic E-state index is 10.6. The molecule has 1 aromatic rings. The van der Waals surface area contributed by atoms with E-state index in [-0.39, 0.29) is 11.6 Å². The number of aryl methyl sites for hydroxylation is 2. The molecule has 102 valence electrons. The number of hydrogen-bond acceptors (Lipinski definition) is 2. The monoisotopic (exact) mass is 249 g/mol. The molecule has 0 saturated carbocycles. The molecule has 0 bridgehead atoms. The van der Waals surface area contributed by atoms with Gasteiger partial charge in [-0.05, 0) is 52.2 Å². The molecular weight excluding hydrogens is 222 g/mol. The highest BCUT2D eigenvalue weighted by Crippen LogP contribution is 2.24. The summed E-state index contributed by atoms with van der Waals surface area (Å²) < 4.78 is 0. The van der Waals surface area contributed by atoms with Gasteiger partial charge in [0.25, 0.3) is 0 Å². The Bertz CT molecular complexity index is 393. The van der Waals surface area contributed by atoms with Gasteiger partial charge in [0.05, 0.1) is 6.10 Å². The predicted molar refractivity (Wildman–Crippen MR) is 77.8 cm³/mol. The van der Waals surface area contributed by atoms with Crippen LogP contribution in [0.1, 0.15) is 56.9 Å². The summed E-state index contributed by atoms with van der Waals surface area (Å²) in [7, 11) is 0. The molecule has 0 heterocycles. The van der Waals surface area contributed by atoms with Gasteiger partial charge in [-0.15, -0.1) is 0 Å². The van der Waals surface area contributed by atoms with Crippen molar-refractivity contribution in [2.75, 3.05) is 0 Å². The van der Waals surface area contributed by atoms with E-state index in [1.165, 1.54) is 5.56 Å². The maximum absolute atomic E-state index is 10.6. The van der Waals surface area contributed by atoms with Crippen LogP contribution in [0, 0.1) is 13.8 Å². The molecule has 0 aliphatic heterocycles. The first-order chi connectivity index (χ1) is 8.24. The van der Waals surface area contributed by atoms with Crippen molar-refractivity contribution < 1.29 is 5.11 Å². The lowest BCUT2D eigenvalue weighted by Gasteiger charge is -2.32. The smallest absolute Gasteiger partial charge is 0.0945 e. The van der Waals surface area contributed by atoms with Gasteiger partial charge in [-0.2, -0.15) is 0 Å². The van der Waals surface area contributed by atoms with Crippen molar-refractivity contribution in [1.82, 2.24) is 5.32 Å². The van der Waals surface area contributed by atoms with E-state index >= 15 is 0 Å². The molecule has 2 heteroatoms. The third kappa shape index (κ3) is 4.11. The van der Waals surface area contributed by atoms with Crippen molar-refractivity contribution >= 4 is 0 Å². The van der Waals surface area contributed by atoms with Crippen LogP contribution in [0.4, 0.5) is 0 Å². The molecule has 2 nitrogen and oxygen atoms in total. The van der Waals surface area contributed by atoms with Gasteiger partial charge < -0.3 is 10.4 Å². The molecule has 2 unspecified atom stereocenters. The van der Waals surface area contributed by atoms with Crippen LogP contribution < -0.4 is 5.32 Å². The first kappa shape index (κ1) is 15.2. The molecule has 1 aromatic carbocycles. The van der Waals surface area contributed by atoms with Crippen LogP contribution in [0.15, 0.2) is 18.2 Å². The van der Waals surface area contributed by atoms with Crippen molar-refractivity contribution in [1.29, 1.82) is 0 Å². The Morgan fingerprint density at radius 2 is 1.83 bits per heavy atom. The molecule has 2 N–H and O–H groups in total. The van der Waals surface area contributed by atoms with Gasteiger partial charge in [0.15, 0.2) is 0 Å². The molecule has 0 aromatic heterocycles. The highest BCUT2D eigenvalue weighted by atomic mass is 16.3. The Kier molecular flexibility index (Phi) is 4.94. The van der Waals surface area contributed by atoms with E-state index in [2.05, 4.69) is 59.0 Å². The SMILES string of the molecule is CCC(NC(C)(C)C)C(O)c1ccc(C)cc1C. The van der Waals surface area contributed by atoms with Gasteiger partial charge in [-0.25, -0.2) is 0 Å². The van der Waals surface area contributed by atoms with Gasteiger partial charge in [-0.1, -0.05) is 30.7 Å². The fourth-order valence-corrected chi connectivity index (χ4v) is 2.33. The third-order valence-corrected chi connectivity index (χ3v) is 3.18. The Hall–Kier alpha value is -0.860. The van der Waals surface area contributed by atoms with E-state index in [4.69, 9.17) is 0 Å². The van der Waals surface area contributed by atoms with Crippen LogP contribution in [-0.4, -0.2) is 16.7 Å². The summed E-state index contributed by atoms with van der Waals surface area (Å²) in [6.45, 7) is 12.6. The summed E-state index contributed by atoms with van der Waals surface area (Å²) in [5.41, 5.74) is 3.45. The molecule has 0 aliphatic carbocycles. The zero-order valence-electron chi connectivity index (χ0n) is 12.5. The maximum Gasteiger partial charge on any atom is 0.0945 e. The highest BCUT2D eigenvalue weighted by Gasteiger charge is 2.24. The molecule has 0 amide bonds. The van der Waals surface area contributed by atoms with Crippen molar-refractivity contribution in [3.63, 3.8) is 0 Å². The van der Waals surface area contributed by atoms with Crippen LogP contribution >= 0.6 is 0 Å². The number of benzene rings is 1. The lowest BCUT2D eigenvalue weighted by molar-refractivity contribution is 0.110. The number of hydrogen-bond donors (Lipinski definition) is 2. The number of nitrogens with one attached hydrogen (secondary N) is 1. The Labute approximate surface area is 111 Å². The highest BCUT2D eigenvalue weighted by molar-refractivity contribution is 5.32. The summed E-state index contributed by atoms with van der Waals surface area (Å²) in [5, 5.41) is 14.0. The largest absolute Gasteiger partial charge is 0.387 e. The second kappa shape index (κ2) is 5.85. The summed E-state index contributed by atoms with van der Waals surface area (Å²) in [4.78, 5) is 0. The summed E-state index contributed by atoms with van der Waals surface area (Å²) >= 11 is 0. The molecule has 2 atom stereocenters. The van der Waals surface area contributed by atoms with Crippen molar-refractivity contribution in [3.05, 3.63) is 34.9 Å². The van der Waals surface area contributed by atoms with Crippen LogP contribution in [-0.2, 0) is 0 Å². The van der Waals surface area contributed by atoms with Crippen molar-refractivity contribution in [2.24, 2.45) is 0 Å². The Morgan fingerprint density at radius 1 is 1.22 bits per heavy atom. The van der Waals surface area contributed by atoms with Gasteiger partial charge in [0.1, 0.15) is 0 Å². The van der Waals surface area contributed by atoms with Crippen molar-refractivity contribution in [3.8, 4) is 0 Å². The first-order valence-corrected chi connectivity index (χ1v) is 6.77. The van der Waals surface area contributed by atoms with Crippen LogP contribution in [0.5, 0.6) is 0 Å². The van der Waals surface area contributed by atoms with Gasteiger partial charge in [-0.3, -0.25) is 0 Å². The summed E-state index contributed by atoms with van der Waals surface area (Å²) in [5.74, 6) is 0. The molecule has 0 aliphatic rings. The number of rotatable bonds is 4. The molecule has 0 fully saturated rings. The van der Waals surface area contributed by atoms with E-state index in [0.29, 0.717) is 0 Å². The minimum atomic E-state index is -0.449. The fraction of sp³-hybridized carbons (Fsp3) is 0.625. The number of aliphatic hydroxyl groups excluding tert-OH is 1. The lowest BCUT2D eigenvalue weighted by atomic mass is 9.93. The zero-order chi connectivity index (χ0) is 13.9. The average Bonchev–Trinajstić information content (AvgIpc) is 2.24. The topological polar surface area (TPSA) is 32.3 Å². The van der Waals surface area contributed by atoms with Crippen LogP contribution in [0.3, 0.4) is 0 Å². The van der Waals surface area contributed by atoms with Crippen LogP contribution in [0.25, 0.3) is 0 Å². The van der Waals surface area contributed by atoms with E-state index in [9.17, 15) is 5.11 Å². The predicted octanol–water partition coefficient (Wildman–Crippen LogP) is 3.50. The average molecular weight is 249 g/mol. The summed E-state index contributed by atoms with van der Waals surface area (Å²) in [6.07, 6.45) is 0.459. The Balaban J connectivity index is 2.93. The Morgan fingerprint density at radius 3 is 2.28 bits per heavy atom. The lowest BCUT2D eigenvalue weighted by Crippen LogP contribution is -2.46. The van der Waals surface area contributed by atoms with Gasteiger partial charge in [0.2, 0.25) is 0 Å². The molecular formula is C16H27NO. The third-order valence-electron chi connectivity index (χ3n) is 3.18. The molecule has 0 saturated heterocycles. The second-order valence-electron chi connectivity index (χ2n) is 6.21. The molecule has 18 heavy (non-hydrogen) atoms. The van der Waals surface area contributed by atoms with Gasteiger partial charge in [0, 0.05) is 11.6 Å². The van der Waals surface area contributed by atoms with E-state index in [0.717, 1.165) is 17.5 Å². The van der Waals surface area contributed by atoms with E-state index in [1.807, 2.05) is 6.07 Å². The van der Waals surface area contributed by atoms with E-state index < -0.39 is 6.10 Å². The van der Waals surface area contributed by atoms with E-state index in [1.54, 1.807) is 0 Å². The number of aliphatic hydroxyl groups is 1.